The number of nitrogens with zero attached hydrogens (tertiary/aromatic N) is 2. The molecule has 0 aliphatic carbocycles. The Morgan fingerprint density at radius 3 is 2.95 bits per heavy atom. The molecular formula is C15H14BrN3O2S. The van der Waals surface area contributed by atoms with Crippen LogP contribution in [0.5, 0.6) is 0 Å². The molecule has 1 saturated heterocycles. The Balaban J connectivity index is 1.65. The minimum absolute atomic E-state index is 0.113. The molecular weight excluding hydrogens is 366 g/mol. The third-order valence-electron chi connectivity index (χ3n) is 3.41. The summed E-state index contributed by atoms with van der Waals surface area (Å²) >= 11 is 4.72. The zero-order chi connectivity index (χ0) is 15.5. The third-order valence-corrected chi connectivity index (χ3v) is 5.10. The van der Waals surface area contributed by atoms with E-state index in [4.69, 9.17) is 0 Å². The molecule has 3 heterocycles. The van der Waals surface area contributed by atoms with Gasteiger partial charge in [-0.05, 0) is 40.0 Å². The van der Waals surface area contributed by atoms with Crippen LogP contribution in [0.3, 0.4) is 0 Å². The molecule has 1 N–H and O–H groups in total. The number of amides is 2. The number of nitrogens with one attached hydrogen (secondary N) is 1. The average molecular weight is 380 g/mol. The lowest BCUT2D eigenvalue weighted by Crippen LogP contribution is -2.25. The van der Waals surface area contributed by atoms with Crippen molar-refractivity contribution in [1.29, 1.82) is 0 Å². The van der Waals surface area contributed by atoms with Gasteiger partial charge < -0.3 is 10.2 Å². The van der Waals surface area contributed by atoms with Gasteiger partial charge in [-0.2, -0.15) is 0 Å². The van der Waals surface area contributed by atoms with Gasteiger partial charge in [0.1, 0.15) is 0 Å². The topological polar surface area (TPSA) is 62.3 Å². The first-order valence-electron chi connectivity index (χ1n) is 6.90. The fraction of sp³-hybridized carbons (Fsp3) is 0.267. The van der Waals surface area contributed by atoms with Gasteiger partial charge in [-0.15, -0.1) is 11.3 Å². The summed E-state index contributed by atoms with van der Waals surface area (Å²) in [7, 11) is 0. The Morgan fingerprint density at radius 2 is 2.27 bits per heavy atom. The molecule has 0 bridgehead atoms. The van der Waals surface area contributed by atoms with Gasteiger partial charge in [0.05, 0.1) is 16.8 Å². The Hall–Kier alpha value is -1.73. The molecule has 3 rings (SSSR count). The zero-order valence-electron chi connectivity index (χ0n) is 11.7. The lowest BCUT2D eigenvalue weighted by atomic mass is 10.2. The Kier molecular flexibility index (Phi) is 4.54. The monoisotopic (exact) mass is 379 g/mol. The maximum Gasteiger partial charge on any atom is 0.261 e. The van der Waals surface area contributed by atoms with Crippen LogP contribution < -0.4 is 10.2 Å². The smallest absolute Gasteiger partial charge is 0.261 e. The minimum atomic E-state index is -0.113. The van der Waals surface area contributed by atoms with E-state index in [1.54, 1.807) is 23.4 Å². The van der Waals surface area contributed by atoms with E-state index in [9.17, 15) is 9.59 Å². The second-order valence-corrected chi connectivity index (χ2v) is 6.84. The highest BCUT2D eigenvalue weighted by Crippen LogP contribution is 2.22. The van der Waals surface area contributed by atoms with Crippen molar-refractivity contribution in [1.82, 2.24) is 10.3 Å². The fourth-order valence-electron chi connectivity index (χ4n) is 2.34. The minimum Gasteiger partial charge on any atom is -0.347 e. The summed E-state index contributed by atoms with van der Waals surface area (Å²) < 4.78 is 0.902. The molecule has 0 atom stereocenters. The predicted octanol–water partition coefficient (Wildman–Crippen LogP) is 2.96. The van der Waals surface area contributed by atoms with Crippen LogP contribution in [0.15, 0.2) is 34.4 Å². The summed E-state index contributed by atoms with van der Waals surface area (Å²) in [4.78, 5) is 30.4. The van der Waals surface area contributed by atoms with Crippen LogP contribution in [0.2, 0.25) is 0 Å². The van der Waals surface area contributed by atoms with Crippen molar-refractivity contribution in [2.24, 2.45) is 0 Å². The Bertz CT molecular complexity index is 716. The van der Waals surface area contributed by atoms with Crippen molar-refractivity contribution >= 4 is 44.8 Å². The van der Waals surface area contributed by atoms with Gasteiger partial charge in [0, 0.05) is 35.6 Å². The van der Waals surface area contributed by atoms with E-state index < -0.39 is 0 Å². The third kappa shape index (κ3) is 3.36. The van der Waals surface area contributed by atoms with Crippen molar-refractivity contribution in [3.05, 3.63) is 44.8 Å². The number of anilines is 1. The van der Waals surface area contributed by atoms with Gasteiger partial charge in [0.15, 0.2) is 0 Å². The van der Waals surface area contributed by atoms with Crippen LogP contribution >= 0.6 is 27.3 Å². The normalized spacial score (nSPS) is 14.4. The molecule has 1 fully saturated rings. The van der Waals surface area contributed by atoms with Gasteiger partial charge in [0.2, 0.25) is 5.91 Å². The maximum absolute atomic E-state index is 12.0. The molecule has 7 heteroatoms. The summed E-state index contributed by atoms with van der Waals surface area (Å²) in [6.45, 7) is 1.12. The zero-order valence-corrected chi connectivity index (χ0v) is 14.1. The van der Waals surface area contributed by atoms with Crippen molar-refractivity contribution in [2.45, 2.75) is 19.4 Å². The molecule has 2 aromatic heterocycles. The highest BCUT2D eigenvalue weighted by molar-refractivity contribution is 9.10. The number of carbonyl (C=O) groups excluding carboxylic acids is 2. The molecule has 1 aliphatic rings. The predicted molar refractivity (Wildman–Crippen MR) is 89.0 cm³/mol. The molecule has 2 aromatic rings. The maximum atomic E-state index is 12.0. The molecule has 0 spiro atoms. The van der Waals surface area contributed by atoms with Crippen LogP contribution in [0.25, 0.3) is 0 Å². The highest BCUT2D eigenvalue weighted by atomic mass is 79.9. The van der Waals surface area contributed by atoms with E-state index in [1.165, 1.54) is 11.3 Å². The number of carbonyl (C=O) groups is 2. The quantitative estimate of drug-likeness (QED) is 0.887. The van der Waals surface area contributed by atoms with Crippen molar-refractivity contribution in [3.63, 3.8) is 0 Å². The average Bonchev–Trinajstić information content (AvgIpc) is 3.13. The first-order chi connectivity index (χ1) is 10.6. The van der Waals surface area contributed by atoms with Crippen molar-refractivity contribution in [3.8, 4) is 0 Å². The number of aromatic nitrogens is 1. The van der Waals surface area contributed by atoms with Gasteiger partial charge in [0.25, 0.3) is 5.91 Å². The molecule has 5 nitrogen and oxygen atoms in total. The second kappa shape index (κ2) is 6.58. The Morgan fingerprint density at radius 1 is 1.41 bits per heavy atom. The number of hydrogen-bond donors (Lipinski definition) is 1. The number of halogens is 1. The van der Waals surface area contributed by atoms with Gasteiger partial charge in [-0.1, -0.05) is 0 Å². The summed E-state index contributed by atoms with van der Waals surface area (Å²) in [5, 5.41) is 4.74. The largest absolute Gasteiger partial charge is 0.347 e. The highest BCUT2D eigenvalue weighted by Gasteiger charge is 2.22. The molecule has 114 valence electrons. The number of rotatable bonds is 4. The molecule has 0 aromatic carbocycles. The van der Waals surface area contributed by atoms with Crippen LogP contribution in [0.4, 0.5) is 5.69 Å². The fourth-order valence-corrected chi connectivity index (χ4v) is 3.68. The van der Waals surface area contributed by atoms with E-state index >= 15 is 0 Å². The van der Waals surface area contributed by atoms with Crippen molar-refractivity contribution < 1.29 is 9.59 Å². The van der Waals surface area contributed by atoms with E-state index in [0.29, 0.717) is 17.8 Å². The van der Waals surface area contributed by atoms with Gasteiger partial charge >= 0.3 is 0 Å². The standard InChI is InChI=1S/C15H14BrN3O2S/c16-11-5-13(22-9-11)15(21)18-7-10-4-12(8-17-6-10)19-3-1-2-14(19)20/h4-6,8-9H,1-3,7H2,(H,18,21). The molecule has 22 heavy (non-hydrogen) atoms. The van der Waals surface area contributed by atoms with Gasteiger partial charge in [-0.25, -0.2) is 0 Å². The Labute approximate surface area is 140 Å². The lowest BCUT2D eigenvalue weighted by molar-refractivity contribution is -0.117. The van der Waals surface area contributed by atoms with E-state index in [0.717, 1.165) is 28.7 Å². The van der Waals surface area contributed by atoms with Crippen LogP contribution in [0.1, 0.15) is 28.1 Å². The van der Waals surface area contributed by atoms with Crippen molar-refractivity contribution in [2.75, 3.05) is 11.4 Å². The van der Waals surface area contributed by atoms with E-state index in [2.05, 4.69) is 26.2 Å². The van der Waals surface area contributed by atoms with Crippen LogP contribution in [0, 0.1) is 0 Å². The summed E-state index contributed by atoms with van der Waals surface area (Å²) in [5.41, 5.74) is 1.68. The summed E-state index contributed by atoms with van der Waals surface area (Å²) in [5.74, 6) is 0.0183. The molecule has 2 amide bonds. The van der Waals surface area contributed by atoms with Gasteiger partial charge in [-0.3, -0.25) is 14.6 Å². The van der Waals surface area contributed by atoms with E-state index in [-0.39, 0.29) is 11.8 Å². The van der Waals surface area contributed by atoms with E-state index in [1.807, 2.05) is 11.4 Å². The molecule has 0 saturated carbocycles. The lowest BCUT2D eigenvalue weighted by Gasteiger charge is -2.16. The first kappa shape index (κ1) is 15.2. The SMILES string of the molecule is O=C(NCc1cncc(N2CCCC2=O)c1)c1cc(Br)cs1. The summed E-state index contributed by atoms with van der Waals surface area (Å²) in [6, 6.07) is 3.69. The molecule has 1 aliphatic heterocycles. The van der Waals surface area contributed by atoms with Crippen LogP contribution in [-0.4, -0.2) is 23.3 Å². The number of pyridine rings is 1. The molecule has 0 radical (unpaired) electrons. The number of thiophene rings is 1. The first-order valence-corrected chi connectivity index (χ1v) is 8.57. The number of hydrogen-bond acceptors (Lipinski definition) is 4. The summed E-state index contributed by atoms with van der Waals surface area (Å²) in [6.07, 6.45) is 4.86. The van der Waals surface area contributed by atoms with Crippen LogP contribution in [-0.2, 0) is 11.3 Å². The second-order valence-electron chi connectivity index (χ2n) is 5.01. The molecule has 0 unspecified atom stereocenters.